The van der Waals surface area contributed by atoms with Crippen LogP contribution in [0.3, 0.4) is 0 Å². The van der Waals surface area contributed by atoms with E-state index in [1.807, 2.05) is 18.8 Å². The summed E-state index contributed by atoms with van der Waals surface area (Å²) in [5, 5.41) is 8.30. The molecule has 1 aliphatic carbocycles. The third kappa shape index (κ3) is 4.08. The van der Waals surface area contributed by atoms with Crippen LogP contribution in [0.4, 0.5) is 5.82 Å². The van der Waals surface area contributed by atoms with Gasteiger partial charge in [0.2, 0.25) is 0 Å². The number of nitrogens with zero attached hydrogens (tertiary/aromatic N) is 3. The molecule has 1 aliphatic heterocycles. The van der Waals surface area contributed by atoms with Gasteiger partial charge in [0, 0.05) is 12.5 Å². The normalized spacial score (nSPS) is 23.3. The first-order valence-corrected chi connectivity index (χ1v) is 9.91. The fourth-order valence-electron chi connectivity index (χ4n) is 4.51. The first kappa shape index (κ1) is 18.4. The lowest BCUT2D eigenvalue weighted by Crippen LogP contribution is -2.45. The Morgan fingerprint density at radius 1 is 1.32 bits per heavy atom. The first-order valence-electron chi connectivity index (χ1n) is 9.91. The zero-order valence-electron chi connectivity index (χ0n) is 16.3. The lowest BCUT2D eigenvalue weighted by molar-refractivity contribution is 0.0977. The number of fused-ring (bicyclic) bond motifs is 1. The molecule has 1 aromatic rings. The largest absolute Gasteiger partial charge is 0.367 e. The maximum absolute atomic E-state index is 12.7. The van der Waals surface area contributed by atoms with Gasteiger partial charge in [-0.1, -0.05) is 19.3 Å². The van der Waals surface area contributed by atoms with Gasteiger partial charge in [-0.3, -0.25) is 4.79 Å². The molecule has 5 nitrogen and oxygen atoms in total. The quantitative estimate of drug-likeness (QED) is 0.794. The van der Waals surface area contributed by atoms with Crippen LogP contribution in [0.1, 0.15) is 75.6 Å². The molecule has 0 aromatic carbocycles. The predicted molar refractivity (Wildman–Crippen MR) is 102 cm³/mol. The number of hydrogen-bond donors (Lipinski definition) is 1. The van der Waals surface area contributed by atoms with E-state index < -0.39 is 0 Å². The van der Waals surface area contributed by atoms with Crippen molar-refractivity contribution in [3.63, 3.8) is 0 Å². The minimum Gasteiger partial charge on any atom is -0.367 e. The molecule has 0 bridgehead atoms. The van der Waals surface area contributed by atoms with Gasteiger partial charge in [0.25, 0.3) is 0 Å². The lowest BCUT2D eigenvalue weighted by atomic mass is 9.78. The average molecular weight is 347 g/mol. The lowest BCUT2D eigenvalue weighted by Gasteiger charge is -2.42. The SMILES string of the molecule is CN(C)CCCC(=O)c1cnn2c1NC(C1CCCCC1)CC2(C)C. The van der Waals surface area contributed by atoms with Crippen molar-refractivity contribution >= 4 is 11.6 Å². The summed E-state index contributed by atoms with van der Waals surface area (Å²) in [7, 11) is 4.09. The minimum absolute atomic E-state index is 0.0368. The molecule has 1 N–H and O–H groups in total. The van der Waals surface area contributed by atoms with E-state index in [9.17, 15) is 4.79 Å². The zero-order valence-corrected chi connectivity index (χ0v) is 16.3. The summed E-state index contributed by atoms with van der Waals surface area (Å²) < 4.78 is 2.05. The van der Waals surface area contributed by atoms with Crippen LogP contribution < -0.4 is 5.32 Å². The van der Waals surface area contributed by atoms with Gasteiger partial charge in [-0.05, 0) is 66.1 Å². The van der Waals surface area contributed by atoms with Crippen LogP contribution >= 0.6 is 0 Å². The van der Waals surface area contributed by atoms with Crippen molar-refractivity contribution in [2.24, 2.45) is 5.92 Å². The van der Waals surface area contributed by atoms with Gasteiger partial charge in [0.15, 0.2) is 5.78 Å². The molecule has 1 fully saturated rings. The van der Waals surface area contributed by atoms with Crippen LogP contribution in [0.5, 0.6) is 0 Å². The summed E-state index contributed by atoms with van der Waals surface area (Å²) in [4.78, 5) is 14.9. The van der Waals surface area contributed by atoms with E-state index in [-0.39, 0.29) is 11.3 Å². The second-order valence-corrected chi connectivity index (χ2v) is 8.81. The van der Waals surface area contributed by atoms with Gasteiger partial charge in [-0.15, -0.1) is 0 Å². The highest BCUT2D eigenvalue weighted by atomic mass is 16.1. The first-order chi connectivity index (χ1) is 11.9. The molecule has 5 heteroatoms. The Morgan fingerprint density at radius 2 is 2.04 bits per heavy atom. The molecule has 1 aromatic heterocycles. The Morgan fingerprint density at radius 3 is 2.72 bits per heavy atom. The smallest absolute Gasteiger partial charge is 0.168 e. The van der Waals surface area contributed by atoms with Crippen LogP contribution in [-0.4, -0.2) is 47.1 Å². The number of ketones is 1. The number of Topliss-reactive ketones (excluding diaryl/α,β-unsaturated/α-hetero) is 1. The number of anilines is 1. The van der Waals surface area contributed by atoms with E-state index in [2.05, 4.69) is 29.2 Å². The van der Waals surface area contributed by atoms with Crippen molar-refractivity contribution in [3.8, 4) is 0 Å². The standard InChI is InChI=1S/C20H34N4O/c1-20(2)13-17(15-9-6-5-7-10-15)22-19-16(14-21-24(19)20)18(25)11-8-12-23(3)4/h14-15,17,22H,5-13H2,1-4H3. The number of aromatic nitrogens is 2. The summed E-state index contributed by atoms with van der Waals surface area (Å²) in [6.45, 7) is 5.44. The molecular weight excluding hydrogens is 312 g/mol. The minimum atomic E-state index is -0.0368. The molecule has 25 heavy (non-hydrogen) atoms. The molecule has 1 unspecified atom stereocenters. The van der Waals surface area contributed by atoms with E-state index in [4.69, 9.17) is 0 Å². The van der Waals surface area contributed by atoms with Crippen molar-refractivity contribution in [1.82, 2.24) is 14.7 Å². The van der Waals surface area contributed by atoms with Gasteiger partial charge in [-0.25, -0.2) is 4.68 Å². The number of carbonyl (C=O) groups is 1. The summed E-state index contributed by atoms with van der Waals surface area (Å²) in [6, 6.07) is 0.466. The Bertz CT molecular complexity index is 599. The molecule has 0 saturated heterocycles. The van der Waals surface area contributed by atoms with Gasteiger partial charge >= 0.3 is 0 Å². The molecule has 2 aliphatic rings. The highest BCUT2D eigenvalue weighted by Gasteiger charge is 2.38. The fraction of sp³-hybridized carbons (Fsp3) is 0.800. The average Bonchev–Trinajstić information content (AvgIpc) is 3.00. The third-order valence-corrected chi connectivity index (χ3v) is 5.91. The van der Waals surface area contributed by atoms with Gasteiger partial charge < -0.3 is 10.2 Å². The van der Waals surface area contributed by atoms with E-state index in [1.54, 1.807) is 6.20 Å². The van der Waals surface area contributed by atoms with Crippen LogP contribution in [0.15, 0.2) is 6.20 Å². The number of hydrogen-bond acceptors (Lipinski definition) is 4. The van der Waals surface area contributed by atoms with Crippen LogP contribution in [-0.2, 0) is 5.54 Å². The fourth-order valence-corrected chi connectivity index (χ4v) is 4.51. The Labute approximate surface area is 152 Å². The van der Waals surface area contributed by atoms with E-state index in [0.29, 0.717) is 12.5 Å². The van der Waals surface area contributed by atoms with E-state index in [1.165, 1.54) is 32.1 Å². The van der Waals surface area contributed by atoms with Crippen molar-refractivity contribution < 1.29 is 4.79 Å². The molecule has 0 radical (unpaired) electrons. The highest BCUT2D eigenvalue weighted by Crippen LogP contribution is 2.39. The van der Waals surface area contributed by atoms with Crippen molar-refractivity contribution in [3.05, 3.63) is 11.8 Å². The van der Waals surface area contributed by atoms with E-state index in [0.717, 1.165) is 36.7 Å². The maximum atomic E-state index is 12.7. The number of rotatable bonds is 6. The summed E-state index contributed by atoms with van der Waals surface area (Å²) >= 11 is 0. The Balaban J connectivity index is 1.76. The summed E-state index contributed by atoms with van der Waals surface area (Å²) in [6.07, 6.45) is 11.0. The van der Waals surface area contributed by atoms with Crippen LogP contribution in [0.2, 0.25) is 0 Å². The highest BCUT2D eigenvalue weighted by molar-refractivity contribution is 6.00. The van der Waals surface area contributed by atoms with Crippen molar-refractivity contribution in [1.29, 1.82) is 0 Å². The maximum Gasteiger partial charge on any atom is 0.168 e. The summed E-state index contributed by atoms with van der Waals surface area (Å²) in [5.41, 5.74) is 0.748. The monoisotopic (exact) mass is 346 g/mol. The molecule has 1 atom stereocenters. The second-order valence-electron chi connectivity index (χ2n) is 8.81. The molecule has 140 valence electrons. The van der Waals surface area contributed by atoms with Gasteiger partial charge in [-0.2, -0.15) is 5.10 Å². The molecule has 1 saturated carbocycles. The topological polar surface area (TPSA) is 50.2 Å². The zero-order chi connectivity index (χ0) is 18.0. The summed E-state index contributed by atoms with van der Waals surface area (Å²) in [5.74, 6) is 1.91. The second kappa shape index (κ2) is 7.48. The molecule has 2 heterocycles. The number of nitrogens with one attached hydrogen (secondary N) is 1. The van der Waals surface area contributed by atoms with E-state index >= 15 is 0 Å². The molecular formula is C20H34N4O. The van der Waals surface area contributed by atoms with Crippen LogP contribution in [0.25, 0.3) is 0 Å². The predicted octanol–water partition coefficient (Wildman–Crippen LogP) is 3.91. The van der Waals surface area contributed by atoms with Gasteiger partial charge in [0.1, 0.15) is 5.82 Å². The Kier molecular flexibility index (Phi) is 5.52. The third-order valence-electron chi connectivity index (χ3n) is 5.91. The number of carbonyl (C=O) groups excluding carboxylic acids is 1. The molecule has 0 spiro atoms. The molecule has 0 amide bonds. The van der Waals surface area contributed by atoms with Gasteiger partial charge in [0.05, 0.1) is 17.3 Å². The van der Waals surface area contributed by atoms with Crippen molar-refractivity contribution in [2.75, 3.05) is 26.0 Å². The Hall–Kier alpha value is -1.36. The van der Waals surface area contributed by atoms with Crippen LogP contribution in [0, 0.1) is 5.92 Å². The molecule has 3 rings (SSSR count). The van der Waals surface area contributed by atoms with Crippen molar-refractivity contribution in [2.45, 2.75) is 76.8 Å².